The van der Waals surface area contributed by atoms with Crippen LogP contribution in [0.4, 0.5) is 0 Å². The van der Waals surface area contributed by atoms with E-state index in [1.54, 1.807) is 17.8 Å². The van der Waals surface area contributed by atoms with Crippen molar-refractivity contribution in [2.45, 2.75) is 39.0 Å². The molecule has 2 rings (SSSR count). The highest BCUT2D eigenvalue weighted by Crippen LogP contribution is 2.24. The molecule has 23 heavy (non-hydrogen) atoms. The van der Waals surface area contributed by atoms with Crippen molar-refractivity contribution in [1.29, 1.82) is 0 Å². The van der Waals surface area contributed by atoms with Crippen LogP contribution in [0, 0.1) is 0 Å². The van der Waals surface area contributed by atoms with Gasteiger partial charge < -0.3 is 5.32 Å². The molecule has 1 aliphatic rings. The summed E-state index contributed by atoms with van der Waals surface area (Å²) in [6.45, 7) is 3.19. The van der Waals surface area contributed by atoms with Gasteiger partial charge in [0.15, 0.2) is 5.17 Å². The van der Waals surface area contributed by atoms with Crippen molar-refractivity contribution in [2.24, 2.45) is 10.2 Å². The van der Waals surface area contributed by atoms with E-state index < -0.39 is 0 Å². The number of unbranched alkanes of at least 4 members (excludes halogenated alkanes) is 4. The topological polar surface area (TPSA) is 36.8 Å². The van der Waals surface area contributed by atoms with E-state index in [1.807, 2.05) is 12.1 Å². The Morgan fingerprint density at radius 2 is 1.91 bits per heavy atom. The van der Waals surface area contributed by atoms with Crippen LogP contribution in [0.25, 0.3) is 0 Å². The number of nitrogens with zero attached hydrogens (tertiary/aromatic N) is 2. The fraction of sp³-hybridized carbons (Fsp3) is 0.500. The van der Waals surface area contributed by atoms with Crippen LogP contribution in [0.15, 0.2) is 28.4 Å². The summed E-state index contributed by atoms with van der Waals surface area (Å²) in [6, 6.07) is 5.45. The van der Waals surface area contributed by atoms with Crippen molar-refractivity contribution in [1.82, 2.24) is 5.32 Å². The van der Waals surface area contributed by atoms with Gasteiger partial charge in [-0.3, -0.25) is 0 Å². The third kappa shape index (κ3) is 6.92. The molecule has 3 nitrogen and oxygen atoms in total. The maximum Gasteiger partial charge on any atom is 0.183 e. The van der Waals surface area contributed by atoms with E-state index in [9.17, 15) is 0 Å². The smallest absolute Gasteiger partial charge is 0.183 e. The highest BCUT2D eigenvalue weighted by atomic mass is 35.5. The van der Waals surface area contributed by atoms with Gasteiger partial charge in [0.2, 0.25) is 0 Å². The van der Waals surface area contributed by atoms with Crippen LogP contribution in [-0.4, -0.2) is 23.2 Å². The van der Waals surface area contributed by atoms with Gasteiger partial charge in [-0.25, -0.2) is 0 Å². The zero-order valence-corrected chi connectivity index (χ0v) is 16.3. The number of hydrogen-bond acceptors (Lipinski definition) is 4. The van der Waals surface area contributed by atoms with Crippen molar-refractivity contribution in [3.8, 4) is 0 Å². The van der Waals surface area contributed by atoms with Crippen molar-refractivity contribution in [2.75, 3.05) is 12.3 Å². The predicted molar refractivity (Wildman–Crippen MR) is 107 cm³/mol. The summed E-state index contributed by atoms with van der Waals surface area (Å²) in [5.41, 5.74) is 1.79. The summed E-state index contributed by atoms with van der Waals surface area (Å²) in [4.78, 5) is 0. The average molecular weight is 395 g/mol. The highest BCUT2D eigenvalue weighted by molar-refractivity contribution is 8.14. The van der Waals surface area contributed by atoms with Gasteiger partial charge in [-0.05, 0) is 18.6 Å². The molecule has 0 saturated carbocycles. The minimum atomic E-state index is 0. The Morgan fingerprint density at radius 1 is 1.13 bits per heavy atom. The number of halogens is 3. The van der Waals surface area contributed by atoms with Crippen molar-refractivity contribution in [3.05, 3.63) is 33.8 Å². The predicted octanol–water partition coefficient (Wildman–Crippen LogP) is 5.78. The van der Waals surface area contributed by atoms with E-state index in [4.69, 9.17) is 23.2 Å². The molecule has 7 heteroatoms. The molecule has 0 atom stereocenters. The normalized spacial score (nSPS) is 13.9. The Hall–Kier alpha value is -0.420. The zero-order chi connectivity index (χ0) is 15.8. The molecule has 0 saturated heterocycles. The second-order valence-corrected chi connectivity index (χ2v) is 7.01. The summed E-state index contributed by atoms with van der Waals surface area (Å²) < 4.78 is 0. The fourth-order valence-corrected chi connectivity index (χ4v) is 3.47. The first-order valence-electron chi connectivity index (χ1n) is 7.67. The highest BCUT2D eigenvalue weighted by Gasteiger charge is 2.14. The summed E-state index contributed by atoms with van der Waals surface area (Å²) in [5, 5.41) is 14.0. The summed E-state index contributed by atoms with van der Waals surface area (Å²) >= 11 is 13.8. The summed E-state index contributed by atoms with van der Waals surface area (Å²) in [5.74, 6) is 0.767. The van der Waals surface area contributed by atoms with Crippen LogP contribution in [0.5, 0.6) is 0 Å². The van der Waals surface area contributed by atoms with Gasteiger partial charge in [0, 0.05) is 22.9 Å². The molecule has 0 spiro atoms. The Bertz CT molecular complexity index is 562. The van der Waals surface area contributed by atoms with Gasteiger partial charge in [-0.15, -0.1) is 17.5 Å². The Morgan fingerprint density at radius 3 is 2.57 bits per heavy atom. The number of benzene rings is 1. The van der Waals surface area contributed by atoms with Crippen molar-refractivity contribution in [3.63, 3.8) is 0 Å². The minimum absolute atomic E-state index is 0. The van der Waals surface area contributed by atoms with Gasteiger partial charge in [-0.1, -0.05) is 73.6 Å². The molecule has 0 aliphatic carbocycles. The first kappa shape index (κ1) is 20.6. The van der Waals surface area contributed by atoms with Crippen molar-refractivity contribution < 1.29 is 0 Å². The largest absolute Gasteiger partial charge is 0.363 e. The van der Waals surface area contributed by atoms with E-state index in [-0.39, 0.29) is 12.4 Å². The van der Waals surface area contributed by atoms with Gasteiger partial charge >= 0.3 is 0 Å². The molecular formula is C16H22Cl3N3S. The summed E-state index contributed by atoms with van der Waals surface area (Å²) in [7, 11) is 0. The molecular weight excluding hydrogens is 373 g/mol. The Kier molecular flexibility index (Phi) is 10.0. The third-order valence-corrected chi connectivity index (χ3v) is 4.87. The molecule has 0 radical (unpaired) electrons. The lowest BCUT2D eigenvalue weighted by atomic mass is 10.1. The van der Waals surface area contributed by atoms with Crippen LogP contribution < -0.4 is 5.32 Å². The first-order chi connectivity index (χ1) is 10.7. The van der Waals surface area contributed by atoms with Gasteiger partial charge in [0.05, 0.1) is 10.7 Å². The number of amidine groups is 1. The SMILES string of the molecule is CCCCCCCNC1=NN=C(c2ccc(Cl)cc2Cl)CS1.Cl. The minimum Gasteiger partial charge on any atom is -0.363 e. The maximum absolute atomic E-state index is 6.20. The average Bonchev–Trinajstić information content (AvgIpc) is 2.52. The molecule has 1 aromatic carbocycles. The number of nitrogens with one attached hydrogen (secondary N) is 1. The van der Waals surface area contributed by atoms with E-state index in [0.717, 1.165) is 28.7 Å². The van der Waals surface area contributed by atoms with E-state index in [0.29, 0.717) is 10.0 Å². The molecule has 1 N–H and O–H groups in total. The standard InChI is InChI=1S/C16H21Cl2N3S.ClH/c1-2-3-4-5-6-9-19-16-21-20-15(11-22-16)13-8-7-12(17)10-14(13)18;/h7-8,10H,2-6,9,11H2,1H3,(H,19,21);1H. The molecule has 1 heterocycles. The molecule has 0 unspecified atom stereocenters. The fourth-order valence-electron chi connectivity index (χ4n) is 2.17. The van der Waals surface area contributed by atoms with Crippen LogP contribution in [0.3, 0.4) is 0 Å². The third-order valence-electron chi connectivity index (χ3n) is 3.41. The Balaban J connectivity index is 0.00000264. The second kappa shape index (κ2) is 11.2. The van der Waals surface area contributed by atoms with Crippen molar-refractivity contribution >= 4 is 58.3 Å². The lowest BCUT2D eigenvalue weighted by Gasteiger charge is -2.14. The molecule has 1 aromatic rings. The van der Waals surface area contributed by atoms with Gasteiger partial charge in [0.1, 0.15) is 0 Å². The van der Waals surface area contributed by atoms with Gasteiger partial charge in [-0.2, -0.15) is 5.10 Å². The molecule has 0 bridgehead atoms. The van der Waals surface area contributed by atoms with Crippen LogP contribution in [0.2, 0.25) is 10.0 Å². The number of hydrogen-bond donors (Lipinski definition) is 1. The summed E-state index contributed by atoms with van der Waals surface area (Å²) in [6.07, 6.45) is 6.37. The second-order valence-electron chi connectivity index (χ2n) is 5.21. The zero-order valence-electron chi connectivity index (χ0n) is 13.1. The number of rotatable bonds is 7. The quantitative estimate of drug-likeness (QED) is 0.595. The van der Waals surface area contributed by atoms with Crippen LogP contribution in [-0.2, 0) is 0 Å². The van der Waals surface area contributed by atoms with Crippen LogP contribution in [0.1, 0.15) is 44.6 Å². The van der Waals surface area contributed by atoms with E-state index in [2.05, 4.69) is 22.4 Å². The molecule has 0 amide bonds. The molecule has 128 valence electrons. The lowest BCUT2D eigenvalue weighted by Crippen LogP contribution is -2.25. The molecule has 1 aliphatic heterocycles. The molecule has 0 fully saturated rings. The maximum atomic E-state index is 6.20. The lowest BCUT2D eigenvalue weighted by molar-refractivity contribution is 0.625. The first-order valence-corrected chi connectivity index (χ1v) is 9.41. The van der Waals surface area contributed by atoms with Crippen LogP contribution >= 0.6 is 47.4 Å². The monoisotopic (exact) mass is 393 g/mol. The number of thioether (sulfide) groups is 1. The molecule has 0 aromatic heterocycles. The van der Waals surface area contributed by atoms with E-state index in [1.165, 1.54) is 32.1 Å². The van der Waals surface area contributed by atoms with E-state index >= 15 is 0 Å². The van der Waals surface area contributed by atoms with Gasteiger partial charge in [0.25, 0.3) is 0 Å². The Labute approximate surface area is 158 Å².